The Morgan fingerprint density at radius 1 is 1.13 bits per heavy atom. The SMILES string of the molecule is COc1nc(N2CC(O)C2)cc(-n2ncc3cc(C)c([C@@H]4CCN(C)C[C@@H]4F)cc32)n1. The van der Waals surface area contributed by atoms with E-state index in [0.717, 1.165) is 35.0 Å². The van der Waals surface area contributed by atoms with Gasteiger partial charge < -0.3 is 19.6 Å². The van der Waals surface area contributed by atoms with E-state index in [2.05, 4.69) is 27.2 Å². The molecule has 2 aliphatic heterocycles. The largest absolute Gasteiger partial charge is 0.467 e. The van der Waals surface area contributed by atoms with Gasteiger partial charge in [-0.15, -0.1) is 0 Å². The number of anilines is 1. The Hall–Kier alpha value is -2.78. The molecule has 2 atom stereocenters. The first-order valence-corrected chi connectivity index (χ1v) is 10.6. The summed E-state index contributed by atoms with van der Waals surface area (Å²) in [5.74, 6) is 1.14. The highest BCUT2D eigenvalue weighted by Gasteiger charge is 2.31. The first-order valence-electron chi connectivity index (χ1n) is 10.6. The van der Waals surface area contributed by atoms with Crippen LogP contribution < -0.4 is 9.64 Å². The number of halogens is 1. The number of β-amino-alcohol motifs (C(OH)–C–C–N with tert-alkyl or cyclic N) is 1. The molecule has 1 N–H and O–H groups in total. The number of aliphatic hydroxyl groups is 1. The molecule has 164 valence electrons. The van der Waals surface area contributed by atoms with Crippen molar-refractivity contribution in [3.63, 3.8) is 0 Å². The zero-order valence-corrected chi connectivity index (χ0v) is 18.0. The molecule has 4 heterocycles. The third-order valence-electron chi connectivity index (χ3n) is 6.36. The monoisotopic (exact) mass is 426 g/mol. The maximum absolute atomic E-state index is 14.9. The van der Waals surface area contributed by atoms with Gasteiger partial charge in [-0.25, -0.2) is 9.07 Å². The topological polar surface area (TPSA) is 79.5 Å². The molecule has 0 radical (unpaired) electrons. The van der Waals surface area contributed by atoms with Gasteiger partial charge in [0, 0.05) is 37.0 Å². The molecule has 0 spiro atoms. The fraction of sp³-hybridized carbons (Fsp3) is 0.500. The molecule has 1 aromatic carbocycles. The summed E-state index contributed by atoms with van der Waals surface area (Å²) in [5, 5.41) is 15.2. The van der Waals surface area contributed by atoms with E-state index in [1.165, 1.54) is 7.11 Å². The molecular weight excluding hydrogens is 399 g/mol. The van der Waals surface area contributed by atoms with E-state index in [-0.39, 0.29) is 18.0 Å². The Morgan fingerprint density at radius 3 is 2.61 bits per heavy atom. The van der Waals surface area contributed by atoms with E-state index >= 15 is 0 Å². The summed E-state index contributed by atoms with van der Waals surface area (Å²) >= 11 is 0. The number of hydrogen-bond acceptors (Lipinski definition) is 7. The lowest BCUT2D eigenvalue weighted by Gasteiger charge is -2.36. The molecule has 2 fully saturated rings. The second-order valence-electron chi connectivity index (χ2n) is 8.63. The molecule has 8 nitrogen and oxygen atoms in total. The zero-order chi connectivity index (χ0) is 21.7. The summed E-state index contributed by atoms with van der Waals surface area (Å²) in [6.45, 7) is 4.43. The molecule has 0 unspecified atom stereocenters. The quantitative estimate of drug-likeness (QED) is 0.684. The maximum Gasteiger partial charge on any atom is 0.320 e. The van der Waals surface area contributed by atoms with Crippen molar-refractivity contribution in [1.82, 2.24) is 24.6 Å². The van der Waals surface area contributed by atoms with Crippen LogP contribution in [0.2, 0.25) is 0 Å². The Bertz CT molecular complexity index is 1110. The van der Waals surface area contributed by atoms with Gasteiger partial charge in [0.25, 0.3) is 0 Å². The first-order chi connectivity index (χ1) is 14.9. The summed E-state index contributed by atoms with van der Waals surface area (Å²) in [5.41, 5.74) is 2.99. The number of piperidine rings is 1. The highest BCUT2D eigenvalue weighted by Crippen LogP contribution is 2.35. The molecule has 2 aliphatic rings. The molecule has 0 amide bonds. The third kappa shape index (κ3) is 3.61. The Balaban J connectivity index is 1.57. The Morgan fingerprint density at radius 2 is 1.90 bits per heavy atom. The van der Waals surface area contributed by atoms with Crippen molar-refractivity contribution in [3.8, 4) is 11.8 Å². The number of likely N-dealkylation sites (tertiary alicyclic amines) is 1. The lowest BCUT2D eigenvalue weighted by atomic mass is 9.85. The van der Waals surface area contributed by atoms with Crippen molar-refractivity contribution in [2.24, 2.45) is 0 Å². The average molecular weight is 426 g/mol. The van der Waals surface area contributed by atoms with E-state index in [1.807, 2.05) is 29.8 Å². The number of aromatic nitrogens is 4. The predicted octanol–water partition coefficient (Wildman–Crippen LogP) is 2.07. The predicted molar refractivity (Wildman–Crippen MR) is 116 cm³/mol. The normalized spacial score (nSPS) is 22.7. The van der Waals surface area contributed by atoms with Gasteiger partial charge in [-0.2, -0.15) is 15.1 Å². The van der Waals surface area contributed by atoms with E-state index < -0.39 is 6.17 Å². The highest BCUT2D eigenvalue weighted by molar-refractivity contribution is 5.82. The van der Waals surface area contributed by atoms with Crippen LogP contribution in [0, 0.1) is 6.92 Å². The van der Waals surface area contributed by atoms with Gasteiger partial charge in [-0.05, 0) is 50.2 Å². The highest BCUT2D eigenvalue weighted by atomic mass is 19.1. The molecule has 0 bridgehead atoms. The molecule has 0 aliphatic carbocycles. The fourth-order valence-corrected chi connectivity index (χ4v) is 4.60. The second-order valence-corrected chi connectivity index (χ2v) is 8.63. The molecular formula is C22H27FN6O2. The van der Waals surface area contributed by atoms with E-state index in [4.69, 9.17) is 4.74 Å². The van der Waals surface area contributed by atoms with Crippen LogP contribution in [0.4, 0.5) is 10.2 Å². The molecule has 31 heavy (non-hydrogen) atoms. The minimum absolute atomic E-state index is 0.123. The average Bonchev–Trinajstić information content (AvgIpc) is 3.13. The van der Waals surface area contributed by atoms with Crippen molar-refractivity contribution in [1.29, 1.82) is 0 Å². The molecule has 3 aromatic rings. The van der Waals surface area contributed by atoms with E-state index in [0.29, 0.717) is 31.3 Å². The van der Waals surface area contributed by atoms with Crippen LogP contribution in [0.15, 0.2) is 24.4 Å². The van der Waals surface area contributed by atoms with Gasteiger partial charge in [0.05, 0.1) is 24.9 Å². The van der Waals surface area contributed by atoms with Crippen LogP contribution in [0.3, 0.4) is 0 Å². The molecule has 0 saturated carbocycles. The Labute approximate surface area is 180 Å². The third-order valence-corrected chi connectivity index (χ3v) is 6.36. The first kappa shape index (κ1) is 20.1. The number of alkyl halides is 1. The maximum atomic E-state index is 14.9. The van der Waals surface area contributed by atoms with Crippen LogP contribution in [-0.4, -0.2) is 82.4 Å². The molecule has 2 aromatic heterocycles. The number of methoxy groups -OCH3 is 1. The molecule has 5 rings (SSSR count). The van der Waals surface area contributed by atoms with E-state index in [1.54, 1.807) is 10.9 Å². The van der Waals surface area contributed by atoms with Crippen molar-refractivity contribution >= 4 is 16.7 Å². The Kier molecular flexibility index (Phi) is 5.02. The van der Waals surface area contributed by atoms with Gasteiger partial charge in [-0.3, -0.25) is 0 Å². The van der Waals surface area contributed by atoms with Gasteiger partial charge >= 0.3 is 6.01 Å². The van der Waals surface area contributed by atoms with Gasteiger partial charge in [0.15, 0.2) is 5.82 Å². The number of fused-ring (bicyclic) bond motifs is 1. The zero-order valence-electron chi connectivity index (χ0n) is 18.0. The number of aryl methyl sites for hydroxylation is 1. The van der Waals surface area contributed by atoms with Crippen LogP contribution >= 0.6 is 0 Å². The summed E-state index contributed by atoms with van der Waals surface area (Å²) in [6, 6.07) is 6.21. The van der Waals surface area contributed by atoms with E-state index in [9.17, 15) is 9.50 Å². The molecule has 2 saturated heterocycles. The van der Waals surface area contributed by atoms with Gasteiger partial charge in [-0.1, -0.05) is 0 Å². The number of nitrogens with zero attached hydrogens (tertiary/aromatic N) is 6. The second kappa shape index (κ2) is 7.72. The lowest BCUT2D eigenvalue weighted by molar-refractivity contribution is 0.139. The summed E-state index contributed by atoms with van der Waals surface area (Å²) in [4.78, 5) is 12.9. The van der Waals surface area contributed by atoms with Crippen molar-refractivity contribution in [2.75, 3.05) is 45.2 Å². The smallest absolute Gasteiger partial charge is 0.320 e. The van der Waals surface area contributed by atoms with Crippen molar-refractivity contribution in [2.45, 2.75) is 31.5 Å². The minimum Gasteiger partial charge on any atom is -0.467 e. The number of ether oxygens (including phenoxy) is 1. The van der Waals surface area contributed by atoms with Crippen LogP contribution in [0.25, 0.3) is 16.7 Å². The summed E-state index contributed by atoms with van der Waals surface area (Å²) in [7, 11) is 3.49. The number of rotatable bonds is 4. The molecule has 9 heteroatoms. The standard InChI is InChI=1S/C22H27FN6O2/c1-13-6-14-9-24-29(19(14)7-17(13)16-4-5-27(2)12-18(16)23)21-8-20(25-22(26-21)31-3)28-10-15(30)11-28/h6-9,15-16,18,30H,4-5,10-12H2,1-3H3/t16-,18-/m0/s1. The summed E-state index contributed by atoms with van der Waals surface area (Å²) < 4.78 is 22.0. The minimum atomic E-state index is -0.894. The number of benzene rings is 1. The van der Waals surface area contributed by atoms with Crippen molar-refractivity contribution in [3.05, 3.63) is 35.5 Å². The lowest BCUT2D eigenvalue weighted by Crippen LogP contribution is -2.51. The van der Waals surface area contributed by atoms with Crippen LogP contribution in [-0.2, 0) is 0 Å². The number of aliphatic hydroxyl groups excluding tert-OH is 1. The fourth-order valence-electron chi connectivity index (χ4n) is 4.60. The van der Waals surface area contributed by atoms with Crippen LogP contribution in [0.1, 0.15) is 23.5 Å². The van der Waals surface area contributed by atoms with Crippen molar-refractivity contribution < 1.29 is 14.2 Å². The number of hydrogen-bond donors (Lipinski definition) is 1. The van der Waals surface area contributed by atoms with Gasteiger partial charge in [0.1, 0.15) is 12.0 Å². The van der Waals surface area contributed by atoms with Crippen LogP contribution in [0.5, 0.6) is 6.01 Å². The summed E-state index contributed by atoms with van der Waals surface area (Å²) in [6.07, 6.45) is 1.36. The van der Waals surface area contributed by atoms with Gasteiger partial charge in [0.2, 0.25) is 0 Å².